The molecule has 3 aromatic rings. The van der Waals surface area contributed by atoms with Crippen molar-refractivity contribution in [2.75, 3.05) is 31.1 Å². The summed E-state index contributed by atoms with van der Waals surface area (Å²) in [5.41, 5.74) is 5.01. The summed E-state index contributed by atoms with van der Waals surface area (Å²) in [6, 6.07) is 15.7. The molecule has 0 spiro atoms. The second-order valence-electron chi connectivity index (χ2n) is 8.85. The normalized spacial score (nSPS) is 14.3. The number of benzene rings is 2. The van der Waals surface area contributed by atoms with Crippen molar-refractivity contribution >= 4 is 34.8 Å². The van der Waals surface area contributed by atoms with Crippen molar-refractivity contribution in [2.45, 2.75) is 27.3 Å². The Morgan fingerprint density at radius 2 is 1.66 bits per heavy atom. The van der Waals surface area contributed by atoms with E-state index in [2.05, 4.69) is 42.5 Å². The molecule has 2 heterocycles. The molecule has 168 valence electrons. The summed E-state index contributed by atoms with van der Waals surface area (Å²) in [5, 5.41) is 1.42. The van der Waals surface area contributed by atoms with Crippen molar-refractivity contribution in [3.8, 4) is 11.1 Å². The number of anilines is 1. The number of hydrogen-bond donors (Lipinski definition) is 0. The molecule has 0 atom stereocenters. The van der Waals surface area contributed by atoms with Crippen molar-refractivity contribution in [2.24, 2.45) is 5.92 Å². The van der Waals surface area contributed by atoms with Crippen molar-refractivity contribution in [3.05, 3.63) is 76.0 Å². The van der Waals surface area contributed by atoms with Gasteiger partial charge in [0, 0.05) is 60.2 Å². The average Bonchev–Trinajstić information content (AvgIpc) is 3.08. The highest BCUT2D eigenvalue weighted by Crippen LogP contribution is 2.32. The first-order chi connectivity index (χ1) is 15.3. The minimum absolute atomic E-state index is 0.0921. The fourth-order valence-corrected chi connectivity index (χ4v) is 4.74. The molecule has 4 nitrogen and oxygen atoms in total. The number of rotatable bonds is 5. The number of hydrogen-bond acceptors (Lipinski definition) is 2. The largest absolute Gasteiger partial charge is 0.368 e. The van der Waals surface area contributed by atoms with E-state index in [1.807, 2.05) is 47.4 Å². The van der Waals surface area contributed by atoms with Gasteiger partial charge >= 0.3 is 0 Å². The lowest BCUT2D eigenvalue weighted by atomic mass is 10.0. The van der Waals surface area contributed by atoms with Gasteiger partial charge in [-0.3, -0.25) is 4.79 Å². The maximum Gasteiger partial charge on any atom is 0.271 e. The van der Waals surface area contributed by atoms with Gasteiger partial charge in [0.15, 0.2) is 0 Å². The number of piperazine rings is 1. The third kappa shape index (κ3) is 4.82. The molecule has 1 aromatic heterocycles. The van der Waals surface area contributed by atoms with Gasteiger partial charge in [0.25, 0.3) is 5.91 Å². The first-order valence-electron chi connectivity index (χ1n) is 11.1. The maximum absolute atomic E-state index is 13.8. The van der Waals surface area contributed by atoms with Crippen molar-refractivity contribution in [1.29, 1.82) is 0 Å². The van der Waals surface area contributed by atoms with Crippen LogP contribution in [0.25, 0.3) is 11.1 Å². The number of amides is 1. The molecule has 1 aliphatic heterocycles. The van der Waals surface area contributed by atoms with Crippen LogP contribution in [-0.4, -0.2) is 41.6 Å². The zero-order chi connectivity index (χ0) is 22.8. The Bertz CT molecular complexity index is 1100. The van der Waals surface area contributed by atoms with E-state index in [0.29, 0.717) is 24.0 Å². The standard InChI is InChI=1S/C26H29Cl2N3O/c1-18(2)16-31-17-19(3)24(20-7-9-21(27)10-8-20)25(31)26(32)30-13-11-29(12-14-30)23-6-4-5-22(28)15-23/h4-10,15,17-18H,11-14,16H2,1-3H3. The number of nitrogens with zero attached hydrogens (tertiary/aromatic N) is 3. The second-order valence-corrected chi connectivity index (χ2v) is 9.72. The summed E-state index contributed by atoms with van der Waals surface area (Å²) in [5.74, 6) is 0.528. The molecule has 1 saturated heterocycles. The highest BCUT2D eigenvalue weighted by Gasteiger charge is 2.28. The number of carbonyl (C=O) groups is 1. The Labute approximate surface area is 200 Å². The van der Waals surface area contributed by atoms with E-state index < -0.39 is 0 Å². The predicted molar refractivity (Wildman–Crippen MR) is 134 cm³/mol. The molecule has 2 aromatic carbocycles. The van der Waals surface area contributed by atoms with Crippen LogP contribution in [-0.2, 0) is 6.54 Å². The Kier molecular flexibility index (Phi) is 6.82. The molecule has 0 bridgehead atoms. The van der Waals surface area contributed by atoms with E-state index in [0.717, 1.165) is 52.7 Å². The third-order valence-electron chi connectivity index (χ3n) is 5.91. The van der Waals surface area contributed by atoms with Gasteiger partial charge in [0.05, 0.1) is 0 Å². The van der Waals surface area contributed by atoms with Crippen LogP contribution in [0.5, 0.6) is 0 Å². The topological polar surface area (TPSA) is 28.5 Å². The maximum atomic E-state index is 13.8. The van der Waals surface area contributed by atoms with E-state index in [-0.39, 0.29) is 5.91 Å². The van der Waals surface area contributed by atoms with Crippen LogP contribution in [0.1, 0.15) is 29.9 Å². The lowest BCUT2D eigenvalue weighted by Crippen LogP contribution is -2.49. The van der Waals surface area contributed by atoms with Crippen LogP contribution in [0.2, 0.25) is 10.0 Å². The van der Waals surface area contributed by atoms with Gasteiger partial charge in [-0.15, -0.1) is 0 Å². The summed E-state index contributed by atoms with van der Waals surface area (Å²) in [7, 11) is 0. The van der Waals surface area contributed by atoms with Crippen LogP contribution >= 0.6 is 23.2 Å². The van der Waals surface area contributed by atoms with E-state index in [4.69, 9.17) is 23.2 Å². The van der Waals surface area contributed by atoms with Gasteiger partial charge in [-0.2, -0.15) is 0 Å². The summed E-state index contributed by atoms with van der Waals surface area (Å²) < 4.78 is 2.13. The summed E-state index contributed by atoms with van der Waals surface area (Å²) >= 11 is 12.3. The lowest BCUT2D eigenvalue weighted by molar-refractivity contribution is 0.0736. The van der Waals surface area contributed by atoms with Gasteiger partial charge in [0.2, 0.25) is 0 Å². The fraction of sp³-hybridized carbons (Fsp3) is 0.346. The van der Waals surface area contributed by atoms with Gasteiger partial charge in [-0.05, 0) is 54.3 Å². The van der Waals surface area contributed by atoms with Crippen LogP contribution < -0.4 is 4.90 Å². The van der Waals surface area contributed by atoms with Crippen LogP contribution in [0.3, 0.4) is 0 Å². The van der Waals surface area contributed by atoms with E-state index in [9.17, 15) is 4.79 Å². The summed E-state index contributed by atoms with van der Waals surface area (Å²) in [6.45, 7) is 10.2. The van der Waals surface area contributed by atoms with Crippen LogP contribution in [0, 0.1) is 12.8 Å². The fourth-order valence-electron chi connectivity index (χ4n) is 4.43. The third-order valence-corrected chi connectivity index (χ3v) is 6.39. The summed E-state index contributed by atoms with van der Waals surface area (Å²) in [6.07, 6.45) is 2.11. The van der Waals surface area contributed by atoms with Crippen molar-refractivity contribution in [3.63, 3.8) is 0 Å². The Morgan fingerprint density at radius 3 is 2.28 bits per heavy atom. The lowest BCUT2D eigenvalue weighted by Gasteiger charge is -2.36. The van der Waals surface area contributed by atoms with Crippen LogP contribution in [0.15, 0.2) is 54.7 Å². The zero-order valence-electron chi connectivity index (χ0n) is 18.8. The van der Waals surface area contributed by atoms with E-state index in [1.165, 1.54) is 0 Å². The zero-order valence-corrected chi connectivity index (χ0v) is 20.3. The van der Waals surface area contributed by atoms with Crippen LogP contribution in [0.4, 0.5) is 5.69 Å². The quantitative estimate of drug-likeness (QED) is 0.432. The number of carbonyl (C=O) groups excluding carboxylic acids is 1. The number of aryl methyl sites for hydroxylation is 1. The van der Waals surface area contributed by atoms with Gasteiger partial charge < -0.3 is 14.4 Å². The van der Waals surface area contributed by atoms with Gasteiger partial charge in [-0.1, -0.05) is 55.2 Å². The smallest absolute Gasteiger partial charge is 0.271 e. The molecular formula is C26H29Cl2N3O. The van der Waals surface area contributed by atoms with Gasteiger partial charge in [0.1, 0.15) is 5.69 Å². The number of halogens is 2. The van der Waals surface area contributed by atoms with Crippen molar-refractivity contribution in [1.82, 2.24) is 9.47 Å². The Balaban J connectivity index is 1.62. The highest BCUT2D eigenvalue weighted by atomic mass is 35.5. The minimum Gasteiger partial charge on any atom is -0.368 e. The predicted octanol–water partition coefficient (Wildman–Crippen LogP) is 6.39. The molecule has 0 unspecified atom stereocenters. The molecule has 4 rings (SSSR count). The molecule has 0 radical (unpaired) electrons. The highest BCUT2D eigenvalue weighted by molar-refractivity contribution is 6.31. The molecule has 1 fully saturated rings. The molecule has 1 amide bonds. The monoisotopic (exact) mass is 469 g/mol. The molecule has 1 aliphatic rings. The van der Waals surface area contributed by atoms with E-state index in [1.54, 1.807) is 0 Å². The second kappa shape index (κ2) is 9.60. The molecular weight excluding hydrogens is 441 g/mol. The Hall–Kier alpha value is -2.43. The molecule has 32 heavy (non-hydrogen) atoms. The summed E-state index contributed by atoms with van der Waals surface area (Å²) in [4.78, 5) is 18.1. The molecule has 6 heteroatoms. The number of aromatic nitrogens is 1. The first kappa shape index (κ1) is 22.8. The minimum atomic E-state index is 0.0921. The van der Waals surface area contributed by atoms with E-state index >= 15 is 0 Å². The Morgan fingerprint density at radius 1 is 0.969 bits per heavy atom. The molecule has 0 saturated carbocycles. The average molecular weight is 470 g/mol. The SMILES string of the molecule is Cc1cn(CC(C)C)c(C(=O)N2CCN(c3cccc(Cl)c3)CC2)c1-c1ccc(Cl)cc1. The molecule has 0 aliphatic carbocycles. The van der Waals surface area contributed by atoms with Crippen molar-refractivity contribution < 1.29 is 4.79 Å². The first-order valence-corrected chi connectivity index (χ1v) is 11.8. The molecule has 0 N–H and O–H groups in total. The van der Waals surface area contributed by atoms with Gasteiger partial charge in [-0.25, -0.2) is 0 Å².